The highest BCUT2D eigenvalue weighted by Gasteiger charge is 2.27. The Morgan fingerprint density at radius 2 is 2.03 bits per heavy atom. The second-order valence-corrected chi connectivity index (χ2v) is 8.19. The van der Waals surface area contributed by atoms with Crippen molar-refractivity contribution in [2.75, 3.05) is 29.5 Å². The van der Waals surface area contributed by atoms with E-state index in [-0.39, 0.29) is 11.3 Å². The molecule has 0 saturated heterocycles. The van der Waals surface area contributed by atoms with Gasteiger partial charge in [0.1, 0.15) is 5.82 Å². The van der Waals surface area contributed by atoms with Gasteiger partial charge in [-0.2, -0.15) is 0 Å². The second kappa shape index (κ2) is 8.69. The third-order valence-corrected chi connectivity index (χ3v) is 5.40. The fraction of sp³-hybridized carbons (Fsp3) is 0.304. The molecular formula is C23H27N7O. The Morgan fingerprint density at radius 1 is 1.16 bits per heavy atom. The zero-order chi connectivity index (χ0) is 21.8. The number of hydrogen-bond donors (Lipinski definition) is 4. The van der Waals surface area contributed by atoms with Gasteiger partial charge in [0.25, 0.3) is 5.91 Å². The largest absolute Gasteiger partial charge is 0.364 e. The van der Waals surface area contributed by atoms with Gasteiger partial charge in [0, 0.05) is 43.6 Å². The molecule has 1 aliphatic heterocycles. The van der Waals surface area contributed by atoms with Crippen LogP contribution < -0.4 is 21.3 Å². The molecule has 8 nitrogen and oxygen atoms in total. The Bertz CT molecular complexity index is 1100. The van der Waals surface area contributed by atoms with Gasteiger partial charge in [-0.05, 0) is 41.5 Å². The molecule has 1 aromatic carbocycles. The summed E-state index contributed by atoms with van der Waals surface area (Å²) in [5, 5.41) is 12.6. The number of carbonyl (C=O) groups is 1. The molecule has 0 saturated carbocycles. The lowest BCUT2D eigenvalue weighted by Gasteiger charge is -2.33. The Hall–Kier alpha value is -3.52. The zero-order valence-corrected chi connectivity index (χ0v) is 18.0. The van der Waals surface area contributed by atoms with E-state index in [1.807, 2.05) is 18.2 Å². The Balaban J connectivity index is 1.49. The standard InChI is InChI=1S/C23H27N7O/c1-23(2)14-25-12-15-11-16(6-7-19(15)23)29-21(31)18-5-4-9-26-20(18)28-13-17-8-10-27-22(24-3)30-17/h4-11,25H,12-14H2,1-3H3,(H,26,28)(H,29,31)(H,24,27,30). The van der Waals surface area contributed by atoms with E-state index in [9.17, 15) is 4.79 Å². The summed E-state index contributed by atoms with van der Waals surface area (Å²) in [5.74, 6) is 0.839. The van der Waals surface area contributed by atoms with Crippen LogP contribution in [0.4, 0.5) is 17.5 Å². The van der Waals surface area contributed by atoms with Crippen molar-refractivity contribution < 1.29 is 4.79 Å². The van der Waals surface area contributed by atoms with Crippen LogP contribution in [0.1, 0.15) is 41.0 Å². The molecule has 2 aromatic heterocycles. The maximum absolute atomic E-state index is 13.0. The van der Waals surface area contributed by atoms with E-state index in [1.165, 1.54) is 11.1 Å². The van der Waals surface area contributed by atoms with Crippen molar-refractivity contribution in [1.29, 1.82) is 0 Å². The molecule has 4 N–H and O–H groups in total. The van der Waals surface area contributed by atoms with E-state index in [1.54, 1.807) is 31.6 Å². The highest BCUT2D eigenvalue weighted by Crippen LogP contribution is 2.31. The van der Waals surface area contributed by atoms with Crippen molar-refractivity contribution in [3.8, 4) is 0 Å². The first-order valence-electron chi connectivity index (χ1n) is 10.3. The molecule has 31 heavy (non-hydrogen) atoms. The van der Waals surface area contributed by atoms with Crippen LogP contribution in [0.25, 0.3) is 0 Å². The number of aromatic nitrogens is 3. The Morgan fingerprint density at radius 3 is 2.87 bits per heavy atom. The highest BCUT2D eigenvalue weighted by molar-refractivity contribution is 6.07. The number of rotatable bonds is 6. The first-order chi connectivity index (χ1) is 15.0. The number of pyridine rings is 1. The molecule has 0 fully saturated rings. The average Bonchev–Trinajstić information content (AvgIpc) is 2.77. The van der Waals surface area contributed by atoms with Gasteiger partial charge >= 0.3 is 0 Å². The summed E-state index contributed by atoms with van der Waals surface area (Å²) < 4.78 is 0. The predicted molar refractivity (Wildman–Crippen MR) is 122 cm³/mol. The molecule has 0 bridgehead atoms. The number of nitrogens with one attached hydrogen (secondary N) is 4. The molecule has 0 unspecified atom stereocenters. The van der Waals surface area contributed by atoms with Crippen molar-refractivity contribution >= 4 is 23.4 Å². The molecule has 4 rings (SSSR count). The summed E-state index contributed by atoms with van der Waals surface area (Å²) in [4.78, 5) is 25.8. The fourth-order valence-corrected chi connectivity index (χ4v) is 3.80. The minimum Gasteiger partial charge on any atom is -0.364 e. The average molecular weight is 418 g/mol. The first kappa shape index (κ1) is 20.7. The van der Waals surface area contributed by atoms with E-state index in [4.69, 9.17) is 0 Å². The van der Waals surface area contributed by atoms with E-state index in [0.29, 0.717) is 23.9 Å². The number of nitrogens with zero attached hydrogens (tertiary/aromatic N) is 3. The topological polar surface area (TPSA) is 104 Å². The Labute approximate surface area is 181 Å². The van der Waals surface area contributed by atoms with Crippen LogP contribution >= 0.6 is 0 Å². The number of amides is 1. The molecule has 160 valence electrons. The third-order valence-electron chi connectivity index (χ3n) is 5.40. The van der Waals surface area contributed by atoms with Crippen LogP contribution in [0.2, 0.25) is 0 Å². The van der Waals surface area contributed by atoms with E-state index in [2.05, 4.69) is 56.1 Å². The van der Waals surface area contributed by atoms with Gasteiger partial charge in [0.2, 0.25) is 5.95 Å². The van der Waals surface area contributed by atoms with Gasteiger partial charge in [-0.1, -0.05) is 19.9 Å². The number of anilines is 3. The summed E-state index contributed by atoms with van der Waals surface area (Å²) in [7, 11) is 1.77. The van der Waals surface area contributed by atoms with Crippen LogP contribution in [0.5, 0.6) is 0 Å². The zero-order valence-electron chi connectivity index (χ0n) is 18.0. The summed E-state index contributed by atoms with van der Waals surface area (Å²) in [6.07, 6.45) is 3.35. The molecular weight excluding hydrogens is 390 g/mol. The van der Waals surface area contributed by atoms with Crippen LogP contribution in [-0.4, -0.2) is 34.5 Å². The highest BCUT2D eigenvalue weighted by atomic mass is 16.1. The SMILES string of the molecule is CNc1nccc(CNc2ncccc2C(=O)Nc2ccc3c(c2)CNCC3(C)C)n1. The number of hydrogen-bond acceptors (Lipinski definition) is 7. The number of fused-ring (bicyclic) bond motifs is 1. The van der Waals surface area contributed by atoms with Crippen molar-refractivity contribution in [3.05, 3.63) is 71.2 Å². The molecule has 0 radical (unpaired) electrons. The van der Waals surface area contributed by atoms with Crippen LogP contribution in [0, 0.1) is 0 Å². The summed E-state index contributed by atoms with van der Waals surface area (Å²) >= 11 is 0. The van der Waals surface area contributed by atoms with Gasteiger partial charge < -0.3 is 21.3 Å². The summed E-state index contributed by atoms with van der Waals surface area (Å²) in [5.41, 5.74) is 4.64. The van der Waals surface area contributed by atoms with E-state index >= 15 is 0 Å². The smallest absolute Gasteiger partial charge is 0.259 e. The van der Waals surface area contributed by atoms with Crippen molar-refractivity contribution in [3.63, 3.8) is 0 Å². The maximum atomic E-state index is 13.0. The fourth-order valence-electron chi connectivity index (χ4n) is 3.80. The lowest BCUT2D eigenvalue weighted by atomic mass is 9.79. The molecule has 1 amide bonds. The van der Waals surface area contributed by atoms with E-state index in [0.717, 1.165) is 24.5 Å². The van der Waals surface area contributed by atoms with Crippen molar-refractivity contribution in [2.24, 2.45) is 0 Å². The summed E-state index contributed by atoms with van der Waals surface area (Å²) in [6.45, 7) is 6.62. The Kier molecular flexibility index (Phi) is 5.81. The second-order valence-electron chi connectivity index (χ2n) is 8.19. The van der Waals surface area contributed by atoms with Crippen LogP contribution in [0.15, 0.2) is 48.8 Å². The number of benzene rings is 1. The number of carbonyl (C=O) groups excluding carboxylic acids is 1. The lowest BCUT2D eigenvalue weighted by molar-refractivity contribution is 0.102. The van der Waals surface area contributed by atoms with Gasteiger partial charge in [-0.15, -0.1) is 0 Å². The first-order valence-corrected chi connectivity index (χ1v) is 10.3. The van der Waals surface area contributed by atoms with Gasteiger partial charge in [-0.3, -0.25) is 4.79 Å². The summed E-state index contributed by atoms with van der Waals surface area (Å²) in [6, 6.07) is 11.5. The van der Waals surface area contributed by atoms with Crippen LogP contribution in [-0.2, 0) is 18.5 Å². The minimum atomic E-state index is -0.211. The predicted octanol–water partition coefficient (Wildman–Crippen LogP) is 3.16. The lowest BCUT2D eigenvalue weighted by Crippen LogP contribution is -2.38. The van der Waals surface area contributed by atoms with Crippen LogP contribution in [0.3, 0.4) is 0 Å². The quantitative estimate of drug-likeness (QED) is 0.488. The van der Waals surface area contributed by atoms with Crippen molar-refractivity contribution in [2.45, 2.75) is 32.4 Å². The third kappa shape index (κ3) is 4.64. The minimum absolute atomic E-state index is 0.0741. The van der Waals surface area contributed by atoms with Gasteiger partial charge in [-0.25, -0.2) is 15.0 Å². The molecule has 3 heterocycles. The van der Waals surface area contributed by atoms with Gasteiger partial charge in [0.05, 0.1) is 17.8 Å². The van der Waals surface area contributed by atoms with Gasteiger partial charge in [0.15, 0.2) is 0 Å². The van der Waals surface area contributed by atoms with Crippen molar-refractivity contribution in [1.82, 2.24) is 20.3 Å². The molecule has 0 spiro atoms. The maximum Gasteiger partial charge on any atom is 0.259 e. The molecule has 0 atom stereocenters. The van der Waals surface area contributed by atoms with E-state index < -0.39 is 0 Å². The normalized spacial score (nSPS) is 14.4. The molecule has 8 heteroatoms. The molecule has 0 aliphatic carbocycles. The monoisotopic (exact) mass is 417 g/mol. The molecule has 1 aliphatic rings. The molecule has 3 aromatic rings.